The van der Waals surface area contributed by atoms with Gasteiger partial charge in [-0.15, -0.1) is 0 Å². The summed E-state index contributed by atoms with van der Waals surface area (Å²) in [6.07, 6.45) is 14.3. The number of nitrogens with zero attached hydrogens (tertiary/aromatic N) is 1. The van der Waals surface area contributed by atoms with Gasteiger partial charge in [-0.1, -0.05) is 57.8 Å². The number of amides is 1. The predicted octanol–water partition coefficient (Wildman–Crippen LogP) is 4.65. The van der Waals surface area contributed by atoms with Crippen LogP contribution in [0.25, 0.3) is 0 Å². The van der Waals surface area contributed by atoms with Crippen molar-refractivity contribution in [2.45, 2.75) is 100 Å². The van der Waals surface area contributed by atoms with E-state index in [1.807, 2.05) is 0 Å². The SMILES string of the molecule is COc1ccc(S(=O)(=O)N2CCCC2C(=O)NC2CCCCCCCCCCC2)cc1OC. The molecule has 1 saturated carbocycles. The lowest BCUT2D eigenvalue weighted by Crippen LogP contribution is -2.48. The maximum absolute atomic E-state index is 13.4. The van der Waals surface area contributed by atoms with E-state index in [-0.39, 0.29) is 16.8 Å². The summed E-state index contributed by atoms with van der Waals surface area (Å²) < 4.78 is 38.7. The van der Waals surface area contributed by atoms with Gasteiger partial charge in [0, 0.05) is 18.7 Å². The Morgan fingerprint density at radius 3 is 2.00 bits per heavy atom. The van der Waals surface area contributed by atoms with Crippen molar-refractivity contribution in [2.75, 3.05) is 20.8 Å². The third-order valence-electron chi connectivity index (χ3n) is 6.92. The number of ether oxygens (including phenoxy) is 2. The van der Waals surface area contributed by atoms with Crippen molar-refractivity contribution < 1.29 is 22.7 Å². The number of carbonyl (C=O) groups is 1. The number of rotatable bonds is 6. The van der Waals surface area contributed by atoms with E-state index in [9.17, 15) is 13.2 Å². The average molecular weight is 481 g/mol. The Balaban J connectivity index is 1.69. The molecule has 1 aliphatic heterocycles. The minimum absolute atomic E-state index is 0.117. The Morgan fingerprint density at radius 1 is 0.848 bits per heavy atom. The molecule has 0 spiro atoms. The number of nitrogens with one attached hydrogen (secondary N) is 1. The highest BCUT2D eigenvalue weighted by Gasteiger charge is 2.40. The van der Waals surface area contributed by atoms with E-state index in [0.717, 1.165) is 25.7 Å². The fourth-order valence-electron chi connectivity index (χ4n) is 5.01. The Kier molecular flexibility index (Phi) is 9.86. The number of benzene rings is 1. The molecule has 0 aromatic heterocycles. The van der Waals surface area contributed by atoms with Crippen LogP contribution in [0, 0.1) is 0 Å². The number of sulfonamides is 1. The first-order valence-corrected chi connectivity index (χ1v) is 14.0. The summed E-state index contributed by atoms with van der Waals surface area (Å²) in [5.41, 5.74) is 0. The minimum atomic E-state index is -3.83. The smallest absolute Gasteiger partial charge is 0.243 e. The highest BCUT2D eigenvalue weighted by Crippen LogP contribution is 2.33. The summed E-state index contributed by atoms with van der Waals surface area (Å²) in [5, 5.41) is 3.22. The molecule has 1 unspecified atom stereocenters. The zero-order valence-electron chi connectivity index (χ0n) is 20.2. The Bertz CT molecular complexity index is 862. The Hall–Kier alpha value is -1.80. The van der Waals surface area contributed by atoms with Crippen LogP contribution in [0.15, 0.2) is 23.1 Å². The summed E-state index contributed by atoms with van der Waals surface area (Å²) in [5.74, 6) is 0.662. The number of hydrogen-bond acceptors (Lipinski definition) is 5. The predicted molar refractivity (Wildman–Crippen MR) is 129 cm³/mol. The van der Waals surface area contributed by atoms with Crippen LogP contribution in [0.5, 0.6) is 11.5 Å². The van der Waals surface area contributed by atoms with Crippen molar-refractivity contribution in [2.24, 2.45) is 0 Å². The molecule has 1 saturated heterocycles. The lowest BCUT2D eigenvalue weighted by Gasteiger charge is -2.26. The highest BCUT2D eigenvalue weighted by atomic mass is 32.2. The molecule has 1 aromatic carbocycles. The summed E-state index contributed by atoms with van der Waals surface area (Å²) in [4.78, 5) is 13.4. The van der Waals surface area contributed by atoms with Gasteiger partial charge in [-0.2, -0.15) is 4.31 Å². The molecular formula is C25H40N2O5S. The zero-order chi connectivity index (χ0) is 23.7. The third-order valence-corrected chi connectivity index (χ3v) is 8.82. The maximum Gasteiger partial charge on any atom is 0.243 e. The molecular weight excluding hydrogens is 440 g/mol. The van der Waals surface area contributed by atoms with Gasteiger partial charge in [-0.25, -0.2) is 8.42 Å². The van der Waals surface area contributed by atoms with Crippen LogP contribution < -0.4 is 14.8 Å². The number of methoxy groups -OCH3 is 2. The molecule has 1 amide bonds. The van der Waals surface area contributed by atoms with Crippen LogP contribution in [0.2, 0.25) is 0 Å². The van der Waals surface area contributed by atoms with Crippen molar-refractivity contribution in [1.82, 2.24) is 9.62 Å². The molecule has 1 aliphatic carbocycles. The van der Waals surface area contributed by atoms with Crippen LogP contribution in [0.3, 0.4) is 0 Å². The topological polar surface area (TPSA) is 84.9 Å². The molecule has 1 aromatic rings. The Morgan fingerprint density at radius 2 is 1.42 bits per heavy atom. The van der Waals surface area contributed by atoms with Crippen molar-refractivity contribution in [3.63, 3.8) is 0 Å². The molecule has 0 bridgehead atoms. The molecule has 1 heterocycles. The van der Waals surface area contributed by atoms with Gasteiger partial charge in [-0.3, -0.25) is 4.79 Å². The molecule has 7 nitrogen and oxygen atoms in total. The monoisotopic (exact) mass is 480 g/mol. The van der Waals surface area contributed by atoms with E-state index in [1.165, 1.54) is 75.6 Å². The minimum Gasteiger partial charge on any atom is -0.493 e. The normalized spacial score (nSPS) is 22.2. The fourth-order valence-corrected chi connectivity index (χ4v) is 6.68. The molecule has 1 N–H and O–H groups in total. The Labute approximate surface area is 199 Å². The van der Waals surface area contributed by atoms with E-state index in [0.29, 0.717) is 30.9 Å². The van der Waals surface area contributed by atoms with E-state index in [2.05, 4.69) is 5.32 Å². The van der Waals surface area contributed by atoms with E-state index in [1.54, 1.807) is 6.07 Å². The molecule has 3 rings (SSSR count). The summed E-state index contributed by atoms with van der Waals surface area (Å²) in [6, 6.07) is 4.03. The van der Waals surface area contributed by atoms with E-state index >= 15 is 0 Å². The molecule has 2 fully saturated rings. The van der Waals surface area contributed by atoms with Crippen LogP contribution in [0.1, 0.15) is 83.5 Å². The molecule has 2 aliphatic rings. The maximum atomic E-state index is 13.4. The van der Waals surface area contributed by atoms with Gasteiger partial charge in [0.15, 0.2) is 11.5 Å². The van der Waals surface area contributed by atoms with Crippen LogP contribution in [-0.4, -0.2) is 51.5 Å². The van der Waals surface area contributed by atoms with Crippen molar-refractivity contribution in [3.05, 3.63) is 18.2 Å². The molecule has 1 atom stereocenters. The van der Waals surface area contributed by atoms with Gasteiger partial charge in [0.1, 0.15) is 6.04 Å². The first kappa shape index (κ1) is 25.8. The second-order valence-electron chi connectivity index (χ2n) is 9.26. The van der Waals surface area contributed by atoms with Crippen LogP contribution in [-0.2, 0) is 14.8 Å². The second-order valence-corrected chi connectivity index (χ2v) is 11.1. The average Bonchev–Trinajstić information content (AvgIpc) is 3.31. The van der Waals surface area contributed by atoms with Crippen molar-refractivity contribution in [1.29, 1.82) is 0 Å². The van der Waals surface area contributed by atoms with Gasteiger partial charge in [-0.05, 0) is 37.8 Å². The zero-order valence-corrected chi connectivity index (χ0v) is 21.0. The lowest BCUT2D eigenvalue weighted by atomic mass is 9.97. The third kappa shape index (κ3) is 6.85. The first-order chi connectivity index (χ1) is 16.0. The summed E-state index contributed by atoms with van der Waals surface area (Å²) in [6.45, 7) is 0.347. The van der Waals surface area contributed by atoms with Crippen LogP contribution >= 0.6 is 0 Å². The molecule has 186 valence electrons. The second kappa shape index (κ2) is 12.6. The van der Waals surface area contributed by atoms with E-state index < -0.39 is 16.1 Å². The largest absolute Gasteiger partial charge is 0.493 e. The van der Waals surface area contributed by atoms with Crippen LogP contribution in [0.4, 0.5) is 0 Å². The molecule has 0 radical (unpaired) electrons. The quantitative estimate of drug-likeness (QED) is 0.641. The van der Waals surface area contributed by atoms with Gasteiger partial charge < -0.3 is 14.8 Å². The fraction of sp³-hybridized carbons (Fsp3) is 0.720. The van der Waals surface area contributed by atoms with Crippen molar-refractivity contribution in [3.8, 4) is 11.5 Å². The first-order valence-electron chi connectivity index (χ1n) is 12.5. The van der Waals surface area contributed by atoms with Crippen molar-refractivity contribution >= 4 is 15.9 Å². The van der Waals surface area contributed by atoms with Gasteiger partial charge in [0.2, 0.25) is 15.9 Å². The lowest BCUT2D eigenvalue weighted by molar-refractivity contribution is -0.125. The summed E-state index contributed by atoms with van der Waals surface area (Å²) in [7, 11) is -0.842. The number of hydrogen-bond donors (Lipinski definition) is 1. The van der Waals surface area contributed by atoms with Gasteiger partial charge in [0.25, 0.3) is 0 Å². The molecule has 33 heavy (non-hydrogen) atoms. The molecule has 8 heteroatoms. The van der Waals surface area contributed by atoms with Gasteiger partial charge >= 0.3 is 0 Å². The summed E-state index contributed by atoms with van der Waals surface area (Å²) >= 11 is 0. The highest BCUT2D eigenvalue weighted by molar-refractivity contribution is 7.89. The van der Waals surface area contributed by atoms with Gasteiger partial charge in [0.05, 0.1) is 19.1 Å². The van der Waals surface area contributed by atoms with E-state index in [4.69, 9.17) is 9.47 Å². The number of carbonyl (C=O) groups excluding carboxylic acids is 1. The standard InChI is InChI=1S/C25H40N2O5S/c1-31-23-17-16-21(19-24(23)32-2)33(29,30)27-18-12-15-22(27)25(28)26-20-13-10-8-6-4-3-5-7-9-11-14-20/h16-17,19-20,22H,3-15,18H2,1-2H3,(H,26,28).